The summed E-state index contributed by atoms with van der Waals surface area (Å²) in [4.78, 5) is 0. The van der Waals surface area contributed by atoms with E-state index >= 15 is 0 Å². The normalized spacial score (nSPS) is 26.7. The van der Waals surface area contributed by atoms with Crippen molar-refractivity contribution in [2.75, 3.05) is 19.0 Å². The van der Waals surface area contributed by atoms with Gasteiger partial charge in [-0.05, 0) is 37.4 Å². The fraction of sp³-hybridized carbons (Fsp3) is 1.00. The number of rotatable bonds is 3. The lowest BCUT2D eigenvalue weighted by Crippen LogP contribution is -2.17. The zero-order valence-corrected chi connectivity index (χ0v) is 7.28. The SMILES string of the molecule is SCCCC1CCCOC1. The summed E-state index contributed by atoms with van der Waals surface area (Å²) in [5.41, 5.74) is 0. The van der Waals surface area contributed by atoms with E-state index in [1.54, 1.807) is 0 Å². The van der Waals surface area contributed by atoms with Crippen LogP contribution in [-0.2, 0) is 4.74 Å². The standard InChI is InChI=1S/C8H16OS/c10-6-2-4-8-3-1-5-9-7-8/h8,10H,1-7H2. The van der Waals surface area contributed by atoms with Crippen molar-refractivity contribution in [1.82, 2.24) is 0 Å². The molecule has 0 radical (unpaired) electrons. The zero-order chi connectivity index (χ0) is 7.23. The van der Waals surface area contributed by atoms with Gasteiger partial charge in [-0.25, -0.2) is 0 Å². The topological polar surface area (TPSA) is 9.23 Å². The van der Waals surface area contributed by atoms with Crippen LogP contribution in [0, 0.1) is 5.92 Å². The Morgan fingerprint density at radius 3 is 3.00 bits per heavy atom. The molecule has 0 aliphatic carbocycles. The average Bonchev–Trinajstić information content (AvgIpc) is 2.03. The Morgan fingerprint density at radius 2 is 2.40 bits per heavy atom. The lowest BCUT2D eigenvalue weighted by atomic mass is 9.97. The lowest BCUT2D eigenvalue weighted by Gasteiger charge is -2.21. The van der Waals surface area contributed by atoms with Gasteiger partial charge < -0.3 is 4.74 Å². The number of thiol groups is 1. The molecule has 1 atom stereocenters. The molecular weight excluding hydrogens is 144 g/mol. The third kappa shape index (κ3) is 2.93. The van der Waals surface area contributed by atoms with E-state index in [1.807, 2.05) is 0 Å². The van der Waals surface area contributed by atoms with E-state index in [4.69, 9.17) is 4.74 Å². The molecule has 1 aliphatic rings. The Kier molecular flexibility index (Phi) is 4.23. The van der Waals surface area contributed by atoms with Gasteiger partial charge in [0.2, 0.25) is 0 Å². The van der Waals surface area contributed by atoms with Crippen LogP contribution in [0.3, 0.4) is 0 Å². The van der Waals surface area contributed by atoms with Gasteiger partial charge in [0.05, 0.1) is 0 Å². The Hall–Kier alpha value is 0.310. The van der Waals surface area contributed by atoms with E-state index in [0.717, 1.165) is 24.9 Å². The van der Waals surface area contributed by atoms with Crippen LogP contribution in [0.1, 0.15) is 25.7 Å². The molecule has 0 aromatic rings. The smallest absolute Gasteiger partial charge is 0.0494 e. The van der Waals surface area contributed by atoms with Gasteiger partial charge >= 0.3 is 0 Å². The van der Waals surface area contributed by atoms with Crippen molar-refractivity contribution in [3.63, 3.8) is 0 Å². The molecule has 1 heterocycles. The molecular formula is C8H16OS. The predicted octanol–water partition coefficient (Wildman–Crippen LogP) is 2.12. The third-order valence-corrected chi connectivity index (χ3v) is 2.34. The molecule has 60 valence electrons. The molecule has 1 fully saturated rings. The van der Waals surface area contributed by atoms with Crippen LogP contribution >= 0.6 is 12.6 Å². The van der Waals surface area contributed by atoms with E-state index in [1.165, 1.54) is 25.7 Å². The summed E-state index contributed by atoms with van der Waals surface area (Å²) in [6.45, 7) is 1.98. The number of hydrogen-bond acceptors (Lipinski definition) is 2. The van der Waals surface area contributed by atoms with Gasteiger partial charge in [0.1, 0.15) is 0 Å². The molecule has 2 heteroatoms. The lowest BCUT2D eigenvalue weighted by molar-refractivity contribution is 0.0515. The first kappa shape index (κ1) is 8.41. The van der Waals surface area contributed by atoms with Crippen LogP contribution < -0.4 is 0 Å². The highest BCUT2D eigenvalue weighted by molar-refractivity contribution is 7.80. The van der Waals surface area contributed by atoms with Crippen LogP contribution in [0.4, 0.5) is 0 Å². The molecule has 1 unspecified atom stereocenters. The Balaban J connectivity index is 2.02. The molecule has 0 saturated carbocycles. The highest BCUT2D eigenvalue weighted by atomic mass is 32.1. The Morgan fingerprint density at radius 1 is 1.50 bits per heavy atom. The first-order valence-electron chi connectivity index (χ1n) is 4.12. The van der Waals surface area contributed by atoms with Crippen LogP contribution in [0.15, 0.2) is 0 Å². The fourth-order valence-corrected chi connectivity index (χ4v) is 1.60. The van der Waals surface area contributed by atoms with Crippen LogP contribution in [0.5, 0.6) is 0 Å². The molecule has 0 bridgehead atoms. The molecule has 1 saturated heterocycles. The van der Waals surface area contributed by atoms with E-state index in [-0.39, 0.29) is 0 Å². The van der Waals surface area contributed by atoms with E-state index in [9.17, 15) is 0 Å². The summed E-state index contributed by atoms with van der Waals surface area (Å²) in [5.74, 6) is 1.86. The maximum atomic E-state index is 5.35. The summed E-state index contributed by atoms with van der Waals surface area (Å²) >= 11 is 4.18. The second-order valence-electron chi connectivity index (χ2n) is 2.95. The minimum absolute atomic E-state index is 0.834. The van der Waals surface area contributed by atoms with E-state index in [0.29, 0.717) is 0 Å². The minimum Gasteiger partial charge on any atom is -0.381 e. The molecule has 0 aromatic heterocycles. The summed E-state index contributed by atoms with van der Waals surface area (Å²) in [6.07, 6.45) is 5.19. The second-order valence-corrected chi connectivity index (χ2v) is 3.40. The van der Waals surface area contributed by atoms with Crippen molar-refractivity contribution in [3.8, 4) is 0 Å². The molecule has 1 rings (SSSR count). The Labute approximate surface area is 68.6 Å². The molecule has 10 heavy (non-hydrogen) atoms. The highest BCUT2D eigenvalue weighted by Crippen LogP contribution is 2.18. The minimum atomic E-state index is 0.834. The fourth-order valence-electron chi connectivity index (χ4n) is 1.42. The van der Waals surface area contributed by atoms with Gasteiger partial charge in [0, 0.05) is 13.2 Å². The quantitative estimate of drug-likeness (QED) is 0.622. The van der Waals surface area contributed by atoms with E-state index in [2.05, 4.69) is 12.6 Å². The summed E-state index contributed by atoms with van der Waals surface area (Å²) in [6, 6.07) is 0. The summed E-state index contributed by atoms with van der Waals surface area (Å²) < 4.78 is 5.35. The van der Waals surface area contributed by atoms with Gasteiger partial charge in [-0.3, -0.25) is 0 Å². The van der Waals surface area contributed by atoms with Gasteiger partial charge in [0.25, 0.3) is 0 Å². The summed E-state index contributed by atoms with van der Waals surface area (Å²) in [5, 5.41) is 0. The first-order chi connectivity index (χ1) is 4.93. The third-order valence-electron chi connectivity index (χ3n) is 2.03. The van der Waals surface area contributed by atoms with Gasteiger partial charge in [0.15, 0.2) is 0 Å². The van der Waals surface area contributed by atoms with Gasteiger partial charge in [-0.2, -0.15) is 12.6 Å². The van der Waals surface area contributed by atoms with Crippen molar-refractivity contribution < 1.29 is 4.74 Å². The number of ether oxygens (including phenoxy) is 1. The molecule has 1 aliphatic heterocycles. The van der Waals surface area contributed by atoms with Gasteiger partial charge in [-0.1, -0.05) is 0 Å². The Bertz CT molecular complexity index is 79.3. The highest BCUT2D eigenvalue weighted by Gasteiger charge is 2.12. The second kappa shape index (κ2) is 5.03. The van der Waals surface area contributed by atoms with E-state index < -0.39 is 0 Å². The van der Waals surface area contributed by atoms with Crippen molar-refractivity contribution in [1.29, 1.82) is 0 Å². The molecule has 0 amide bonds. The van der Waals surface area contributed by atoms with Crippen LogP contribution in [-0.4, -0.2) is 19.0 Å². The molecule has 0 aromatic carbocycles. The maximum Gasteiger partial charge on any atom is 0.0494 e. The summed E-state index contributed by atoms with van der Waals surface area (Å²) in [7, 11) is 0. The first-order valence-corrected chi connectivity index (χ1v) is 4.75. The van der Waals surface area contributed by atoms with Crippen molar-refractivity contribution >= 4 is 12.6 Å². The zero-order valence-electron chi connectivity index (χ0n) is 6.38. The van der Waals surface area contributed by atoms with Crippen molar-refractivity contribution in [2.45, 2.75) is 25.7 Å². The van der Waals surface area contributed by atoms with Crippen molar-refractivity contribution in [2.24, 2.45) is 5.92 Å². The largest absolute Gasteiger partial charge is 0.381 e. The molecule has 0 N–H and O–H groups in total. The van der Waals surface area contributed by atoms with Crippen LogP contribution in [0.2, 0.25) is 0 Å². The number of hydrogen-bond donors (Lipinski definition) is 1. The average molecular weight is 160 g/mol. The van der Waals surface area contributed by atoms with Gasteiger partial charge in [-0.15, -0.1) is 0 Å². The molecule has 0 spiro atoms. The molecule has 1 nitrogen and oxygen atoms in total. The monoisotopic (exact) mass is 160 g/mol. The predicted molar refractivity (Wildman–Crippen MR) is 46.6 cm³/mol. The van der Waals surface area contributed by atoms with Crippen LogP contribution in [0.25, 0.3) is 0 Å². The maximum absolute atomic E-state index is 5.35. The van der Waals surface area contributed by atoms with Crippen molar-refractivity contribution in [3.05, 3.63) is 0 Å².